The lowest BCUT2D eigenvalue weighted by Gasteiger charge is -2.24. The van der Waals surface area contributed by atoms with Crippen molar-refractivity contribution >= 4 is 36.6 Å². The number of nitrogens with two attached hydrogens (primary N) is 2. The molecule has 16 heteroatoms. The van der Waals surface area contributed by atoms with Crippen LogP contribution >= 0.6 is 7.75 Å². The molecule has 1 unspecified atom stereocenters. The number of nitrogens with one attached hydrogen (secondary N) is 1. The van der Waals surface area contributed by atoms with Crippen LogP contribution in [0.15, 0.2) is 18.5 Å². The number of hydrogen-bond donors (Lipinski definition) is 5. The van der Waals surface area contributed by atoms with E-state index in [2.05, 4.69) is 39.1 Å². The Bertz CT molecular complexity index is 1310. The third-order valence-corrected chi connectivity index (χ3v) is 9.00. The SMILES string of the molecule is CCCCCCCC/C=C\CCCCCCCOC(=O)CNP(=O)(O)OC[C@H]1O[C@@H](n2cnc3c(N)nc(N)nc32)[C@@](C)(F)[C@H]1O. The van der Waals surface area contributed by atoms with Gasteiger partial charge in [-0.1, -0.05) is 70.4 Å². The molecule has 5 atom stereocenters. The molecule has 260 valence electrons. The second-order valence-electron chi connectivity index (χ2n) is 11.9. The van der Waals surface area contributed by atoms with Crippen molar-refractivity contribution < 1.29 is 37.7 Å². The number of nitrogens with zero attached hydrogens (tertiary/aromatic N) is 4. The molecule has 2 aromatic heterocycles. The van der Waals surface area contributed by atoms with Crippen molar-refractivity contribution in [3.63, 3.8) is 0 Å². The molecule has 0 aliphatic carbocycles. The first-order valence-electron chi connectivity index (χ1n) is 16.3. The number of nitrogen functional groups attached to an aromatic ring is 2. The summed E-state index contributed by atoms with van der Waals surface area (Å²) in [4.78, 5) is 34.1. The fourth-order valence-electron chi connectivity index (χ4n) is 5.27. The normalized spacial score (nSPS) is 22.9. The molecule has 46 heavy (non-hydrogen) atoms. The van der Waals surface area contributed by atoms with E-state index < -0.39 is 51.0 Å². The number of aliphatic hydroxyl groups is 1. The summed E-state index contributed by atoms with van der Waals surface area (Å²) in [7, 11) is -4.52. The minimum absolute atomic E-state index is 0.0151. The van der Waals surface area contributed by atoms with Crippen molar-refractivity contribution in [2.24, 2.45) is 0 Å². The van der Waals surface area contributed by atoms with E-state index in [4.69, 9.17) is 25.5 Å². The highest BCUT2D eigenvalue weighted by atomic mass is 31.2. The van der Waals surface area contributed by atoms with Crippen molar-refractivity contribution in [2.75, 3.05) is 31.2 Å². The van der Waals surface area contributed by atoms with E-state index in [9.17, 15) is 19.4 Å². The average molecular weight is 672 g/mol. The summed E-state index contributed by atoms with van der Waals surface area (Å²) < 4.78 is 45.1. The molecular formula is C30H51FN7O7P. The fourth-order valence-corrected chi connectivity index (χ4v) is 6.04. The Labute approximate surface area is 270 Å². The number of carbonyl (C=O) groups is 1. The molecule has 1 fully saturated rings. The maximum atomic E-state index is 15.6. The van der Waals surface area contributed by atoms with Crippen LogP contribution in [0.4, 0.5) is 16.2 Å². The van der Waals surface area contributed by atoms with Gasteiger partial charge in [0.05, 0.1) is 19.5 Å². The maximum absolute atomic E-state index is 15.6. The van der Waals surface area contributed by atoms with Gasteiger partial charge in [0.1, 0.15) is 24.3 Å². The van der Waals surface area contributed by atoms with Crippen LogP contribution in [0.25, 0.3) is 11.2 Å². The Morgan fingerprint density at radius 1 is 1.11 bits per heavy atom. The lowest BCUT2D eigenvalue weighted by Crippen LogP contribution is -2.40. The predicted octanol–water partition coefficient (Wildman–Crippen LogP) is 4.87. The number of halogens is 1. The molecule has 0 bridgehead atoms. The van der Waals surface area contributed by atoms with Crippen LogP contribution in [0.5, 0.6) is 0 Å². The molecule has 7 N–H and O–H groups in total. The van der Waals surface area contributed by atoms with Crippen molar-refractivity contribution in [3.05, 3.63) is 18.5 Å². The van der Waals surface area contributed by atoms with Gasteiger partial charge in [-0.25, -0.2) is 19.0 Å². The van der Waals surface area contributed by atoms with Gasteiger partial charge in [0.15, 0.2) is 23.4 Å². The lowest BCUT2D eigenvalue weighted by molar-refractivity contribution is -0.142. The molecule has 3 rings (SSSR count). The van der Waals surface area contributed by atoms with Crippen LogP contribution in [-0.4, -0.2) is 73.1 Å². The highest BCUT2D eigenvalue weighted by Gasteiger charge is 2.55. The molecule has 0 saturated carbocycles. The molecule has 0 spiro atoms. The average Bonchev–Trinajstić information content (AvgIpc) is 3.52. The number of allylic oxidation sites excluding steroid dienone is 2. The second kappa shape index (κ2) is 18.6. The highest BCUT2D eigenvalue weighted by molar-refractivity contribution is 7.50. The maximum Gasteiger partial charge on any atom is 0.403 e. The molecule has 1 aliphatic rings. The summed E-state index contributed by atoms with van der Waals surface area (Å²) in [6.07, 6.45) is 16.3. The minimum atomic E-state index is -4.52. The van der Waals surface area contributed by atoms with Crippen molar-refractivity contribution in [1.82, 2.24) is 24.6 Å². The number of alkyl halides is 1. The van der Waals surface area contributed by atoms with Gasteiger partial charge < -0.3 is 30.9 Å². The summed E-state index contributed by atoms with van der Waals surface area (Å²) in [5.74, 6) is -0.891. The van der Waals surface area contributed by atoms with Crippen LogP contribution in [-0.2, 0) is 23.4 Å². The first-order valence-corrected chi connectivity index (χ1v) is 17.8. The summed E-state index contributed by atoms with van der Waals surface area (Å²) in [5.41, 5.74) is 9.34. The van der Waals surface area contributed by atoms with E-state index in [0.29, 0.717) is 6.42 Å². The van der Waals surface area contributed by atoms with Gasteiger partial charge in [-0.05, 0) is 39.0 Å². The molecular weight excluding hydrogens is 620 g/mol. The Morgan fingerprint density at radius 3 is 2.41 bits per heavy atom. The first kappa shape index (κ1) is 37.8. The molecule has 14 nitrogen and oxygen atoms in total. The standard InChI is InChI=1S/C30H51FN7O7P/c1-3-4-5-6-7-8-9-10-11-12-13-14-15-16-17-18-43-23(39)19-35-46(41,42)44-20-22-25(40)30(2,31)28(45-22)38-21-34-24-26(32)36-29(33)37-27(24)38/h10-11,21-22,25,28,40H,3-9,12-20H2,1-2H3,(H2,35,41,42)(H4,32,33,36,37)/b11-10-/t22-,25+,28-,30+/m1/s1. The van der Waals surface area contributed by atoms with Crippen LogP contribution < -0.4 is 16.6 Å². The number of hydrogen-bond acceptors (Lipinski definition) is 11. The number of esters is 1. The zero-order chi connectivity index (χ0) is 33.6. The molecule has 2 aromatic rings. The van der Waals surface area contributed by atoms with E-state index in [0.717, 1.165) is 45.4 Å². The van der Waals surface area contributed by atoms with Crippen LogP contribution in [0.2, 0.25) is 0 Å². The summed E-state index contributed by atoms with van der Waals surface area (Å²) >= 11 is 0. The number of aromatic nitrogens is 4. The lowest BCUT2D eigenvalue weighted by atomic mass is 9.98. The van der Waals surface area contributed by atoms with Crippen LogP contribution in [0.3, 0.4) is 0 Å². The predicted molar refractivity (Wildman–Crippen MR) is 173 cm³/mol. The molecule has 0 amide bonds. The number of rotatable bonds is 22. The first-order chi connectivity index (χ1) is 22.0. The van der Waals surface area contributed by atoms with Gasteiger partial charge in [0.25, 0.3) is 0 Å². The number of ether oxygens (including phenoxy) is 2. The number of unbranched alkanes of at least 4 members (excludes halogenated alkanes) is 11. The molecule has 0 aromatic carbocycles. The molecule has 1 aliphatic heterocycles. The Morgan fingerprint density at radius 2 is 1.74 bits per heavy atom. The van der Waals surface area contributed by atoms with Gasteiger partial charge in [0, 0.05) is 0 Å². The minimum Gasteiger partial charge on any atom is -0.465 e. The van der Waals surface area contributed by atoms with Gasteiger partial charge in [0.2, 0.25) is 5.95 Å². The van der Waals surface area contributed by atoms with Crippen molar-refractivity contribution in [3.8, 4) is 0 Å². The Hall–Kier alpha value is -2.68. The summed E-state index contributed by atoms with van der Waals surface area (Å²) in [6, 6.07) is 0. The summed E-state index contributed by atoms with van der Waals surface area (Å²) in [6.45, 7) is 2.31. The topological polar surface area (TPSA) is 210 Å². The Balaban J connectivity index is 1.27. The highest BCUT2D eigenvalue weighted by Crippen LogP contribution is 2.45. The fraction of sp³-hybridized carbons (Fsp3) is 0.733. The van der Waals surface area contributed by atoms with Crippen LogP contribution in [0, 0.1) is 0 Å². The third-order valence-electron chi connectivity index (χ3n) is 7.94. The second-order valence-corrected chi connectivity index (χ2v) is 13.5. The van der Waals surface area contributed by atoms with Gasteiger partial charge in [-0.3, -0.25) is 13.9 Å². The van der Waals surface area contributed by atoms with E-state index >= 15 is 4.39 Å². The number of anilines is 2. The summed E-state index contributed by atoms with van der Waals surface area (Å²) in [5, 5.41) is 12.7. The monoisotopic (exact) mass is 671 g/mol. The van der Waals surface area contributed by atoms with Gasteiger partial charge >= 0.3 is 13.7 Å². The van der Waals surface area contributed by atoms with E-state index in [1.54, 1.807) is 0 Å². The van der Waals surface area contributed by atoms with E-state index in [1.165, 1.54) is 49.4 Å². The molecule has 3 heterocycles. The van der Waals surface area contributed by atoms with E-state index in [1.807, 2.05) is 0 Å². The quantitative estimate of drug-likeness (QED) is 0.0490. The Kier molecular flexibility index (Phi) is 15.3. The van der Waals surface area contributed by atoms with Crippen molar-refractivity contribution in [1.29, 1.82) is 0 Å². The number of aliphatic hydroxyl groups excluding tert-OH is 1. The number of carbonyl (C=O) groups excluding carboxylic acids is 1. The number of imidazole rings is 1. The van der Waals surface area contributed by atoms with E-state index in [-0.39, 0.29) is 29.5 Å². The third kappa shape index (κ3) is 11.5. The zero-order valence-corrected chi connectivity index (χ0v) is 27.9. The smallest absolute Gasteiger partial charge is 0.403 e. The largest absolute Gasteiger partial charge is 0.465 e. The van der Waals surface area contributed by atoms with Crippen LogP contribution in [0.1, 0.15) is 104 Å². The van der Waals surface area contributed by atoms with Crippen molar-refractivity contribution in [2.45, 2.75) is 121 Å². The van der Waals surface area contributed by atoms with Gasteiger partial charge in [-0.2, -0.15) is 9.97 Å². The molecule has 0 radical (unpaired) electrons. The zero-order valence-electron chi connectivity index (χ0n) is 27.0. The molecule has 1 saturated heterocycles. The number of fused-ring (bicyclic) bond motifs is 1. The van der Waals surface area contributed by atoms with Gasteiger partial charge in [-0.15, -0.1) is 0 Å².